The van der Waals surface area contributed by atoms with Gasteiger partial charge in [-0.3, -0.25) is 4.79 Å². The lowest BCUT2D eigenvalue weighted by Crippen LogP contribution is -2.07. The molecule has 15 heavy (non-hydrogen) atoms. The Morgan fingerprint density at radius 2 is 2.20 bits per heavy atom. The van der Waals surface area contributed by atoms with Crippen molar-refractivity contribution in [2.45, 2.75) is 19.1 Å². The predicted molar refractivity (Wildman–Crippen MR) is 66.0 cm³/mol. The van der Waals surface area contributed by atoms with Crippen molar-refractivity contribution in [3.8, 4) is 0 Å². The van der Waals surface area contributed by atoms with Gasteiger partial charge in [0.1, 0.15) is 5.82 Å². The number of ketones is 1. The maximum Gasteiger partial charge on any atom is 0.175 e. The summed E-state index contributed by atoms with van der Waals surface area (Å²) in [4.78, 5) is 11.6. The molecule has 0 aromatic heterocycles. The number of benzene rings is 1. The number of Topliss-reactive ketones (excluding diaryl/α,β-unsaturated/α-hetero) is 1. The van der Waals surface area contributed by atoms with Gasteiger partial charge in [-0.05, 0) is 23.4 Å². The van der Waals surface area contributed by atoms with Crippen molar-refractivity contribution < 1.29 is 9.18 Å². The minimum Gasteiger partial charge on any atom is -0.293 e. The van der Waals surface area contributed by atoms with Gasteiger partial charge in [-0.2, -0.15) is 11.8 Å². The Hall–Kier alpha value is -0.350. The Balaban J connectivity index is 2.77. The van der Waals surface area contributed by atoms with Crippen LogP contribution in [0.2, 0.25) is 0 Å². The first-order valence-electron chi connectivity index (χ1n) is 4.60. The first-order chi connectivity index (χ1) is 7.00. The third-order valence-electron chi connectivity index (χ3n) is 1.78. The molecule has 0 aliphatic carbocycles. The van der Waals surface area contributed by atoms with Crippen LogP contribution in [0.4, 0.5) is 4.39 Å². The van der Waals surface area contributed by atoms with Gasteiger partial charge in [0.05, 0.1) is 11.3 Å². The summed E-state index contributed by atoms with van der Waals surface area (Å²) in [6.45, 7) is 4.02. The second kappa shape index (κ2) is 5.66. The molecular weight excluding hydrogens is 279 g/mol. The van der Waals surface area contributed by atoms with E-state index in [1.54, 1.807) is 6.07 Å². The molecule has 0 unspecified atom stereocenters. The van der Waals surface area contributed by atoms with E-state index in [9.17, 15) is 9.18 Å². The number of rotatable bonds is 4. The van der Waals surface area contributed by atoms with Gasteiger partial charge in [0.25, 0.3) is 0 Å². The third-order valence-corrected chi connectivity index (χ3v) is 3.37. The summed E-state index contributed by atoms with van der Waals surface area (Å²) in [5.41, 5.74) is 0.164. The molecule has 1 aromatic carbocycles. The van der Waals surface area contributed by atoms with E-state index in [1.165, 1.54) is 23.9 Å². The molecule has 1 aromatic rings. The number of thioether (sulfide) groups is 1. The Bertz CT molecular complexity index is 366. The van der Waals surface area contributed by atoms with E-state index in [1.807, 2.05) is 13.8 Å². The molecule has 0 saturated heterocycles. The molecule has 0 amide bonds. The van der Waals surface area contributed by atoms with Gasteiger partial charge in [0.2, 0.25) is 0 Å². The zero-order valence-corrected chi connectivity index (χ0v) is 11.0. The topological polar surface area (TPSA) is 17.1 Å². The lowest BCUT2D eigenvalue weighted by molar-refractivity contribution is 0.101. The molecule has 0 atom stereocenters. The van der Waals surface area contributed by atoms with Crippen LogP contribution in [-0.4, -0.2) is 16.8 Å². The molecule has 0 saturated carbocycles. The van der Waals surface area contributed by atoms with Gasteiger partial charge >= 0.3 is 0 Å². The minimum atomic E-state index is -0.451. The van der Waals surface area contributed by atoms with Crippen molar-refractivity contribution >= 4 is 33.5 Å². The van der Waals surface area contributed by atoms with Crippen LogP contribution in [0.5, 0.6) is 0 Å². The molecule has 0 aliphatic heterocycles. The molecule has 1 rings (SSSR count). The summed E-state index contributed by atoms with van der Waals surface area (Å²) in [7, 11) is 0. The Morgan fingerprint density at radius 3 is 2.80 bits per heavy atom. The largest absolute Gasteiger partial charge is 0.293 e. The van der Waals surface area contributed by atoms with Gasteiger partial charge in [-0.25, -0.2) is 4.39 Å². The Morgan fingerprint density at radius 1 is 1.53 bits per heavy atom. The van der Waals surface area contributed by atoms with Crippen LogP contribution in [0.15, 0.2) is 22.7 Å². The van der Waals surface area contributed by atoms with E-state index < -0.39 is 5.82 Å². The van der Waals surface area contributed by atoms with E-state index >= 15 is 0 Å². The van der Waals surface area contributed by atoms with Crippen LogP contribution in [0, 0.1) is 5.82 Å². The quantitative estimate of drug-likeness (QED) is 0.782. The second-order valence-electron chi connectivity index (χ2n) is 3.41. The molecule has 0 radical (unpaired) electrons. The molecule has 4 heteroatoms. The molecule has 0 bridgehead atoms. The zero-order valence-electron chi connectivity index (χ0n) is 8.59. The molecule has 1 nitrogen and oxygen atoms in total. The van der Waals surface area contributed by atoms with E-state index in [-0.39, 0.29) is 11.3 Å². The van der Waals surface area contributed by atoms with Crippen LogP contribution >= 0.6 is 27.7 Å². The number of carbonyl (C=O) groups is 1. The molecule has 0 heterocycles. The maximum atomic E-state index is 13.3. The van der Waals surface area contributed by atoms with Crippen molar-refractivity contribution in [1.82, 2.24) is 0 Å². The molecular formula is C11H12BrFOS. The van der Waals surface area contributed by atoms with Crippen LogP contribution in [-0.2, 0) is 0 Å². The maximum absolute atomic E-state index is 13.3. The monoisotopic (exact) mass is 290 g/mol. The standard InChI is InChI=1S/C11H12BrFOS/c1-7(2)15-6-11(14)9-5-8(12)3-4-10(9)13/h3-5,7H,6H2,1-2H3. The highest BCUT2D eigenvalue weighted by Gasteiger charge is 2.12. The van der Waals surface area contributed by atoms with Crippen LogP contribution < -0.4 is 0 Å². The predicted octanol–water partition coefficient (Wildman–Crippen LogP) is 3.91. The van der Waals surface area contributed by atoms with Gasteiger partial charge in [-0.1, -0.05) is 29.8 Å². The van der Waals surface area contributed by atoms with E-state index in [0.717, 1.165) is 4.47 Å². The zero-order chi connectivity index (χ0) is 11.4. The summed E-state index contributed by atoms with van der Waals surface area (Å²) in [6.07, 6.45) is 0. The summed E-state index contributed by atoms with van der Waals surface area (Å²) in [6, 6.07) is 4.41. The summed E-state index contributed by atoms with van der Waals surface area (Å²) in [5.74, 6) is -0.287. The molecule has 0 N–H and O–H groups in total. The lowest BCUT2D eigenvalue weighted by atomic mass is 10.1. The smallest absolute Gasteiger partial charge is 0.175 e. The fourth-order valence-electron chi connectivity index (χ4n) is 1.03. The molecule has 0 aliphatic rings. The summed E-state index contributed by atoms with van der Waals surface area (Å²) >= 11 is 4.74. The highest BCUT2D eigenvalue weighted by molar-refractivity contribution is 9.10. The molecule has 0 spiro atoms. The van der Waals surface area contributed by atoms with E-state index in [4.69, 9.17) is 0 Å². The highest BCUT2D eigenvalue weighted by Crippen LogP contribution is 2.18. The number of hydrogen-bond donors (Lipinski definition) is 0. The van der Waals surface area contributed by atoms with Gasteiger partial charge in [-0.15, -0.1) is 0 Å². The SMILES string of the molecule is CC(C)SCC(=O)c1cc(Br)ccc1F. The van der Waals surface area contributed by atoms with Crippen LogP contribution in [0.1, 0.15) is 24.2 Å². The van der Waals surface area contributed by atoms with Gasteiger partial charge in [0, 0.05) is 4.47 Å². The van der Waals surface area contributed by atoms with Gasteiger partial charge in [0.15, 0.2) is 5.78 Å². The first kappa shape index (κ1) is 12.7. The summed E-state index contributed by atoms with van der Waals surface area (Å²) in [5, 5.41) is 0.379. The second-order valence-corrected chi connectivity index (χ2v) is 5.89. The lowest BCUT2D eigenvalue weighted by Gasteiger charge is -2.05. The van der Waals surface area contributed by atoms with Crippen molar-refractivity contribution in [3.63, 3.8) is 0 Å². The number of halogens is 2. The summed E-state index contributed by atoms with van der Waals surface area (Å²) < 4.78 is 14.0. The first-order valence-corrected chi connectivity index (χ1v) is 6.44. The number of hydrogen-bond acceptors (Lipinski definition) is 2. The van der Waals surface area contributed by atoms with Crippen molar-refractivity contribution in [1.29, 1.82) is 0 Å². The fraction of sp³-hybridized carbons (Fsp3) is 0.364. The highest BCUT2D eigenvalue weighted by atomic mass is 79.9. The average molecular weight is 291 g/mol. The van der Waals surface area contributed by atoms with E-state index in [0.29, 0.717) is 11.0 Å². The third kappa shape index (κ3) is 3.95. The van der Waals surface area contributed by atoms with Crippen LogP contribution in [0.3, 0.4) is 0 Å². The van der Waals surface area contributed by atoms with E-state index in [2.05, 4.69) is 15.9 Å². The Kier molecular flexibility index (Phi) is 4.80. The Labute approximate surface area is 102 Å². The van der Waals surface area contributed by atoms with Crippen LogP contribution in [0.25, 0.3) is 0 Å². The van der Waals surface area contributed by atoms with Gasteiger partial charge < -0.3 is 0 Å². The number of carbonyl (C=O) groups excluding carboxylic acids is 1. The minimum absolute atomic E-state index is 0.160. The molecule has 82 valence electrons. The normalized spacial score (nSPS) is 10.7. The van der Waals surface area contributed by atoms with Crippen molar-refractivity contribution in [3.05, 3.63) is 34.1 Å². The average Bonchev–Trinajstić information content (AvgIpc) is 2.18. The fourth-order valence-corrected chi connectivity index (χ4v) is 2.03. The van der Waals surface area contributed by atoms with Crippen molar-refractivity contribution in [2.75, 3.05) is 5.75 Å². The van der Waals surface area contributed by atoms with Crippen molar-refractivity contribution in [2.24, 2.45) is 0 Å². The molecule has 0 fully saturated rings.